The molecule has 1 aliphatic rings. The molecule has 14 heavy (non-hydrogen) atoms. The normalized spacial score (nSPS) is 31.1. The van der Waals surface area contributed by atoms with E-state index in [9.17, 15) is 0 Å². The van der Waals surface area contributed by atoms with Crippen molar-refractivity contribution in [3.05, 3.63) is 12.7 Å². The highest BCUT2D eigenvalue weighted by Gasteiger charge is 2.42. The van der Waals surface area contributed by atoms with Gasteiger partial charge in [-0.3, -0.25) is 0 Å². The van der Waals surface area contributed by atoms with Crippen molar-refractivity contribution in [1.29, 1.82) is 0 Å². The van der Waals surface area contributed by atoms with Gasteiger partial charge in [-0.15, -0.1) is 6.58 Å². The van der Waals surface area contributed by atoms with Crippen LogP contribution in [0.4, 0.5) is 0 Å². The maximum absolute atomic E-state index is 5.77. The van der Waals surface area contributed by atoms with Gasteiger partial charge in [-0.25, -0.2) is 0 Å². The third kappa shape index (κ3) is 2.80. The van der Waals surface area contributed by atoms with Crippen LogP contribution in [0.3, 0.4) is 0 Å². The molecular formula is C11H22N2O. The minimum atomic E-state index is 0.142. The van der Waals surface area contributed by atoms with Crippen molar-refractivity contribution in [2.75, 3.05) is 19.7 Å². The molecule has 0 unspecified atom stereocenters. The SMILES string of the molecule is C=CCCNC1(CN)CC(OCC)C1. The van der Waals surface area contributed by atoms with Gasteiger partial charge in [-0.05, 0) is 32.7 Å². The lowest BCUT2D eigenvalue weighted by molar-refractivity contribution is -0.0472. The van der Waals surface area contributed by atoms with Gasteiger partial charge >= 0.3 is 0 Å². The Morgan fingerprint density at radius 1 is 1.64 bits per heavy atom. The number of nitrogens with one attached hydrogen (secondary N) is 1. The second kappa shape index (κ2) is 5.49. The molecule has 0 bridgehead atoms. The summed E-state index contributed by atoms with van der Waals surface area (Å²) < 4.78 is 5.53. The monoisotopic (exact) mass is 198 g/mol. The zero-order valence-corrected chi connectivity index (χ0v) is 9.09. The Labute approximate surface area is 86.7 Å². The van der Waals surface area contributed by atoms with Crippen LogP contribution >= 0.6 is 0 Å². The van der Waals surface area contributed by atoms with E-state index in [1.54, 1.807) is 0 Å². The van der Waals surface area contributed by atoms with E-state index in [1.165, 1.54) is 0 Å². The Bertz CT molecular complexity index is 176. The Morgan fingerprint density at radius 3 is 2.86 bits per heavy atom. The van der Waals surface area contributed by atoms with E-state index < -0.39 is 0 Å². The van der Waals surface area contributed by atoms with Crippen LogP contribution in [0.15, 0.2) is 12.7 Å². The van der Waals surface area contributed by atoms with E-state index in [1.807, 2.05) is 13.0 Å². The molecule has 1 aliphatic carbocycles. The minimum Gasteiger partial charge on any atom is -0.378 e. The van der Waals surface area contributed by atoms with Crippen LogP contribution in [0.5, 0.6) is 0 Å². The van der Waals surface area contributed by atoms with Crippen molar-refractivity contribution >= 4 is 0 Å². The summed E-state index contributed by atoms with van der Waals surface area (Å²) in [5, 5.41) is 3.50. The van der Waals surface area contributed by atoms with Gasteiger partial charge in [0, 0.05) is 18.7 Å². The van der Waals surface area contributed by atoms with Crippen molar-refractivity contribution in [1.82, 2.24) is 5.32 Å². The van der Waals surface area contributed by atoms with Gasteiger partial charge in [0.15, 0.2) is 0 Å². The predicted molar refractivity (Wildman–Crippen MR) is 59.3 cm³/mol. The standard InChI is InChI=1S/C11H22N2O/c1-3-5-6-13-11(9-12)7-10(8-11)14-4-2/h3,10,13H,1,4-9,12H2,2H3. The van der Waals surface area contributed by atoms with Gasteiger partial charge in [0.05, 0.1) is 6.10 Å². The number of nitrogens with two attached hydrogens (primary N) is 1. The Balaban J connectivity index is 2.22. The summed E-state index contributed by atoms with van der Waals surface area (Å²) >= 11 is 0. The molecule has 0 aromatic carbocycles. The van der Waals surface area contributed by atoms with Gasteiger partial charge in [0.2, 0.25) is 0 Å². The van der Waals surface area contributed by atoms with Crippen molar-refractivity contribution in [3.63, 3.8) is 0 Å². The molecule has 1 fully saturated rings. The Morgan fingerprint density at radius 2 is 2.36 bits per heavy atom. The average molecular weight is 198 g/mol. The molecule has 0 heterocycles. The van der Waals surface area contributed by atoms with Crippen LogP contribution in [0.1, 0.15) is 26.2 Å². The summed E-state index contributed by atoms with van der Waals surface area (Å²) in [7, 11) is 0. The summed E-state index contributed by atoms with van der Waals surface area (Å²) in [5.41, 5.74) is 5.91. The fourth-order valence-electron chi connectivity index (χ4n) is 1.99. The van der Waals surface area contributed by atoms with Crippen molar-refractivity contribution < 1.29 is 4.74 Å². The zero-order chi connectivity index (χ0) is 10.4. The molecule has 0 aliphatic heterocycles. The maximum atomic E-state index is 5.77. The molecule has 0 saturated heterocycles. The van der Waals surface area contributed by atoms with Crippen LogP contribution in [-0.4, -0.2) is 31.3 Å². The smallest absolute Gasteiger partial charge is 0.0611 e. The quantitative estimate of drug-likeness (QED) is 0.475. The first-order chi connectivity index (χ1) is 6.76. The van der Waals surface area contributed by atoms with E-state index in [2.05, 4.69) is 11.9 Å². The summed E-state index contributed by atoms with van der Waals surface area (Å²) in [4.78, 5) is 0. The highest BCUT2D eigenvalue weighted by molar-refractivity contribution is 5.03. The summed E-state index contributed by atoms with van der Waals surface area (Å²) in [6.45, 7) is 8.21. The second-order valence-corrected chi connectivity index (χ2v) is 3.97. The topological polar surface area (TPSA) is 47.3 Å². The largest absolute Gasteiger partial charge is 0.378 e. The molecule has 0 amide bonds. The van der Waals surface area contributed by atoms with E-state index in [4.69, 9.17) is 10.5 Å². The van der Waals surface area contributed by atoms with E-state index in [0.717, 1.165) is 32.4 Å². The predicted octanol–water partition coefficient (Wildman–Crippen LogP) is 1.05. The van der Waals surface area contributed by atoms with Crippen LogP contribution in [0.2, 0.25) is 0 Å². The third-order valence-corrected chi connectivity index (χ3v) is 2.88. The number of rotatable bonds is 7. The van der Waals surface area contributed by atoms with Gasteiger partial charge in [-0.2, -0.15) is 0 Å². The number of ether oxygens (including phenoxy) is 1. The highest BCUT2D eigenvalue weighted by atomic mass is 16.5. The lowest BCUT2D eigenvalue weighted by atomic mass is 9.74. The fraction of sp³-hybridized carbons (Fsp3) is 0.818. The van der Waals surface area contributed by atoms with Crippen molar-refractivity contribution in [3.8, 4) is 0 Å². The van der Waals surface area contributed by atoms with Gasteiger partial charge in [0.1, 0.15) is 0 Å². The molecule has 0 aromatic heterocycles. The van der Waals surface area contributed by atoms with E-state index in [-0.39, 0.29) is 5.54 Å². The molecule has 82 valence electrons. The summed E-state index contributed by atoms with van der Waals surface area (Å²) in [5.74, 6) is 0. The Hall–Kier alpha value is -0.380. The molecule has 0 atom stereocenters. The number of hydrogen-bond donors (Lipinski definition) is 2. The lowest BCUT2D eigenvalue weighted by Gasteiger charge is -2.47. The first kappa shape index (κ1) is 11.7. The van der Waals surface area contributed by atoms with Gasteiger partial charge in [0.25, 0.3) is 0 Å². The Kier molecular flexibility index (Phi) is 4.58. The molecule has 3 nitrogen and oxygen atoms in total. The van der Waals surface area contributed by atoms with Crippen LogP contribution in [0.25, 0.3) is 0 Å². The molecule has 3 heteroatoms. The van der Waals surface area contributed by atoms with E-state index >= 15 is 0 Å². The van der Waals surface area contributed by atoms with Crippen LogP contribution in [0, 0.1) is 0 Å². The maximum Gasteiger partial charge on any atom is 0.0611 e. The third-order valence-electron chi connectivity index (χ3n) is 2.88. The summed E-state index contributed by atoms with van der Waals surface area (Å²) in [6.07, 6.45) is 5.44. The molecular weight excluding hydrogens is 176 g/mol. The minimum absolute atomic E-state index is 0.142. The van der Waals surface area contributed by atoms with Crippen LogP contribution in [-0.2, 0) is 4.74 Å². The van der Waals surface area contributed by atoms with Gasteiger partial charge in [-0.1, -0.05) is 6.08 Å². The van der Waals surface area contributed by atoms with Crippen molar-refractivity contribution in [2.45, 2.75) is 37.8 Å². The fourth-order valence-corrected chi connectivity index (χ4v) is 1.99. The molecule has 3 N–H and O–H groups in total. The van der Waals surface area contributed by atoms with Gasteiger partial charge < -0.3 is 15.8 Å². The molecule has 0 aromatic rings. The van der Waals surface area contributed by atoms with E-state index in [0.29, 0.717) is 12.6 Å². The average Bonchev–Trinajstić information content (AvgIpc) is 2.14. The first-order valence-corrected chi connectivity index (χ1v) is 5.44. The molecule has 0 radical (unpaired) electrons. The number of hydrogen-bond acceptors (Lipinski definition) is 3. The molecule has 1 rings (SSSR count). The highest BCUT2D eigenvalue weighted by Crippen LogP contribution is 2.33. The lowest BCUT2D eigenvalue weighted by Crippen LogP contribution is -2.62. The molecule has 1 saturated carbocycles. The first-order valence-electron chi connectivity index (χ1n) is 5.44. The zero-order valence-electron chi connectivity index (χ0n) is 9.09. The second-order valence-electron chi connectivity index (χ2n) is 3.97. The molecule has 0 spiro atoms. The van der Waals surface area contributed by atoms with Crippen LogP contribution < -0.4 is 11.1 Å². The van der Waals surface area contributed by atoms with Crippen molar-refractivity contribution in [2.24, 2.45) is 5.73 Å². The summed E-state index contributed by atoms with van der Waals surface area (Å²) in [6, 6.07) is 0.